The molecule has 170 valence electrons. The van der Waals surface area contributed by atoms with E-state index in [1.54, 1.807) is 32.9 Å². The Labute approximate surface area is 183 Å². The van der Waals surface area contributed by atoms with Gasteiger partial charge in [0.1, 0.15) is 23.5 Å². The van der Waals surface area contributed by atoms with Crippen LogP contribution in [0, 0.1) is 5.41 Å². The van der Waals surface area contributed by atoms with E-state index in [0.29, 0.717) is 29.0 Å². The van der Waals surface area contributed by atoms with Crippen LogP contribution in [0.5, 0.6) is 5.75 Å². The third-order valence-corrected chi connectivity index (χ3v) is 5.50. The fourth-order valence-corrected chi connectivity index (χ4v) is 3.63. The number of nitrogens with one attached hydrogen (secondary N) is 1. The first kappa shape index (κ1) is 23.1. The SMILES string of the molecule is CC1(C)CCC(c2nc3ccc(OC/C(=C/F)CNC(=O)OC(C)(C)C)cc3o2)CC1. The van der Waals surface area contributed by atoms with E-state index in [0.717, 1.165) is 24.2 Å². The highest BCUT2D eigenvalue weighted by atomic mass is 19.1. The summed E-state index contributed by atoms with van der Waals surface area (Å²) in [6.07, 6.45) is 4.33. The van der Waals surface area contributed by atoms with Gasteiger partial charge in [0.2, 0.25) is 0 Å². The van der Waals surface area contributed by atoms with Gasteiger partial charge in [-0.15, -0.1) is 0 Å². The molecule has 0 spiro atoms. The lowest BCUT2D eigenvalue weighted by molar-refractivity contribution is 0.0531. The van der Waals surface area contributed by atoms with Crippen LogP contribution in [0.15, 0.2) is 34.5 Å². The van der Waals surface area contributed by atoms with E-state index in [1.807, 2.05) is 6.07 Å². The molecule has 0 unspecified atom stereocenters. The number of amides is 1. The second-order valence-corrected chi connectivity index (χ2v) is 10.0. The number of rotatable bonds is 6. The number of aromatic nitrogens is 1. The number of carbonyl (C=O) groups excluding carboxylic acids is 1. The van der Waals surface area contributed by atoms with E-state index in [1.165, 1.54) is 12.8 Å². The standard InChI is InChI=1S/C24H33FN2O4/c1-23(2,3)31-22(28)26-14-16(13-25)15-29-18-6-7-19-20(12-18)30-21(27-19)17-8-10-24(4,5)11-9-17/h6-7,12-13,17H,8-11,14-15H2,1-5H3,(H,26,28)/b16-13+. The Bertz CT molecular complexity index is 933. The minimum Gasteiger partial charge on any atom is -0.489 e. The molecule has 1 heterocycles. The Morgan fingerprint density at radius 2 is 2.03 bits per heavy atom. The highest BCUT2D eigenvalue weighted by Gasteiger charge is 2.30. The van der Waals surface area contributed by atoms with Gasteiger partial charge in [0.25, 0.3) is 0 Å². The van der Waals surface area contributed by atoms with Crippen molar-refractivity contribution in [3.63, 3.8) is 0 Å². The zero-order valence-electron chi connectivity index (χ0n) is 19.1. The van der Waals surface area contributed by atoms with Crippen molar-refractivity contribution in [1.82, 2.24) is 10.3 Å². The number of oxazole rings is 1. The van der Waals surface area contributed by atoms with Gasteiger partial charge in [0.15, 0.2) is 11.5 Å². The van der Waals surface area contributed by atoms with Gasteiger partial charge in [0, 0.05) is 24.1 Å². The quantitative estimate of drug-likeness (QED) is 0.582. The summed E-state index contributed by atoms with van der Waals surface area (Å²) in [4.78, 5) is 16.4. The third-order valence-electron chi connectivity index (χ3n) is 5.50. The predicted octanol–water partition coefficient (Wildman–Crippen LogP) is 6.27. The maximum absolute atomic E-state index is 13.2. The average Bonchev–Trinajstić information content (AvgIpc) is 3.10. The number of alkyl carbamates (subject to hydrolysis) is 1. The van der Waals surface area contributed by atoms with Gasteiger partial charge in [-0.3, -0.25) is 0 Å². The highest BCUT2D eigenvalue weighted by molar-refractivity contribution is 5.74. The topological polar surface area (TPSA) is 73.6 Å². The summed E-state index contributed by atoms with van der Waals surface area (Å²) in [6.45, 7) is 9.91. The maximum atomic E-state index is 13.2. The van der Waals surface area contributed by atoms with Crippen molar-refractivity contribution in [2.24, 2.45) is 5.41 Å². The minimum absolute atomic E-state index is 0.00184. The molecular formula is C24H33FN2O4. The first-order valence-corrected chi connectivity index (χ1v) is 10.8. The maximum Gasteiger partial charge on any atom is 0.407 e. The van der Waals surface area contributed by atoms with Crippen molar-refractivity contribution in [1.29, 1.82) is 0 Å². The number of nitrogens with zero attached hydrogens (tertiary/aromatic N) is 1. The van der Waals surface area contributed by atoms with E-state index in [4.69, 9.17) is 13.9 Å². The van der Waals surface area contributed by atoms with Crippen molar-refractivity contribution in [3.8, 4) is 5.75 Å². The van der Waals surface area contributed by atoms with Crippen molar-refractivity contribution < 1.29 is 23.1 Å². The Morgan fingerprint density at radius 1 is 1.32 bits per heavy atom. The van der Waals surface area contributed by atoms with Gasteiger partial charge in [0.05, 0.1) is 6.33 Å². The van der Waals surface area contributed by atoms with Crippen LogP contribution in [-0.2, 0) is 4.74 Å². The molecule has 1 aromatic carbocycles. The number of fused-ring (bicyclic) bond motifs is 1. The Hall–Kier alpha value is -2.57. The zero-order valence-corrected chi connectivity index (χ0v) is 19.1. The Morgan fingerprint density at radius 3 is 2.68 bits per heavy atom. The number of hydrogen-bond donors (Lipinski definition) is 1. The summed E-state index contributed by atoms with van der Waals surface area (Å²) in [6, 6.07) is 5.41. The van der Waals surface area contributed by atoms with Crippen LogP contribution >= 0.6 is 0 Å². The summed E-state index contributed by atoms with van der Waals surface area (Å²) < 4.78 is 30.1. The first-order chi connectivity index (χ1) is 14.5. The molecule has 0 atom stereocenters. The lowest BCUT2D eigenvalue weighted by Crippen LogP contribution is -2.34. The number of hydrogen-bond acceptors (Lipinski definition) is 5. The summed E-state index contributed by atoms with van der Waals surface area (Å²) in [5.41, 5.74) is 1.52. The molecule has 1 aliphatic carbocycles. The molecule has 7 heteroatoms. The number of ether oxygens (including phenoxy) is 2. The van der Waals surface area contributed by atoms with Gasteiger partial charge < -0.3 is 19.2 Å². The molecule has 1 saturated carbocycles. The van der Waals surface area contributed by atoms with Crippen LogP contribution in [-0.4, -0.2) is 29.8 Å². The van der Waals surface area contributed by atoms with Crippen LogP contribution in [0.2, 0.25) is 0 Å². The molecule has 0 bridgehead atoms. The molecule has 3 rings (SSSR count). The van der Waals surface area contributed by atoms with Crippen molar-refractivity contribution in [3.05, 3.63) is 36.0 Å². The van der Waals surface area contributed by atoms with Crippen molar-refractivity contribution in [2.75, 3.05) is 13.2 Å². The van der Waals surface area contributed by atoms with Crippen molar-refractivity contribution >= 4 is 17.2 Å². The molecule has 1 amide bonds. The first-order valence-electron chi connectivity index (χ1n) is 10.8. The zero-order chi connectivity index (χ0) is 22.6. The lowest BCUT2D eigenvalue weighted by atomic mass is 9.73. The Kier molecular flexibility index (Phi) is 6.92. The van der Waals surface area contributed by atoms with E-state index >= 15 is 0 Å². The lowest BCUT2D eigenvalue weighted by Gasteiger charge is -2.32. The molecule has 0 saturated heterocycles. The molecule has 31 heavy (non-hydrogen) atoms. The fraction of sp³-hybridized carbons (Fsp3) is 0.583. The summed E-state index contributed by atoms with van der Waals surface area (Å²) in [5.74, 6) is 1.69. The Balaban J connectivity index is 1.56. The van der Waals surface area contributed by atoms with E-state index < -0.39 is 11.7 Å². The van der Waals surface area contributed by atoms with E-state index in [-0.39, 0.29) is 18.7 Å². The predicted molar refractivity (Wildman–Crippen MR) is 118 cm³/mol. The molecule has 1 aromatic heterocycles. The van der Waals surface area contributed by atoms with Crippen LogP contribution in [0.1, 0.15) is 72.1 Å². The molecule has 2 aromatic rings. The summed E-state index contributed by atoms with van der Waals surface area (Å²) >= 11 is 0. The molecule has 1 aliphatic rings. The number of benzene rings is 1. The number of carbonyl (C=O) groups is 1. The largest absolute Gasteiger partial charge is 0.489 e. The smallest absolute Gasteiger partial charge is 0.407 e. The molecule has 0 radical (unpaired) electrons. The van der Waals surface area contributed by atoms with Crippen LogP contribution in [0.3, 0.4) is 0 Å². The molecular weight excluding hydrogens is 399 g/mol. The third kappa shape index (κ3) is 6.71. The summed E-state index contributed by atoms with van der Waals surface area (Å²) in [7, 11) is 0. The normalized spacial score (nSPS) is 17.5. The molecule has 1 fully saturated rings. The highest BCUT2D eigenvalue weighted by Crippen LogP contribution is 2.42. The second kappa shape index (κ2) is 9.28. The molecule has 6 nitrogen and oxygen atoms in total. The molecule has 1 N–H and O–H groups in total. The number of halogens is 1. The van der Waals surface area contributed by atoms with Crippen LogP contribution in [0.25, 0.3) is 11.1 Å². The fourth-order valence-electron chi connectivity index (χ4n) is 3.63. The summed E-state index contributed by atoms with van der Waals surface area (Å²) in [5, 5.41) is 2.52. The van der Waals surface area contributed by atoms with E-state index in [2.05, 4.69) is 24.1 Å². The minimum atomic E-state index is -0.612. The van der Waals surface area contributed by atoms with Gasteiger partial charge in [-0.1, -0.05) is 13.8 Å². The second-order valence-electron chi connectivity index (χ2n) is 10.0. The average molecular weight is 433 g/mol. The van der Waals surface area contributed by atoms with E-state index in [9.17, 15) is 9.18 Å². The monoisotopic (exact) mass is 432 g/mol. The van der Waals surface area contributed by atoms with Gasteiger partial charge in [-0.05, 0) is 64.0 Å². The van der Waals surface area contributed by atoms with Crippen LogP contribution < -0.4 is 10.1 Å². The van der Waals surface area contributed by atoms with Crippen LogP contribution in [0.4, 0.5) is 9.18 Å². The van der Waals surface area contributed by atoms with Gasteiger partial charge in [-0.25, -0.2) is 14.2 Å². The van der Waals surface area contributed by atoms with Crippen molar-refractivity contribution in [2.45, 2.75) is 71.8 Å². The van der Waals surface area contributed by atoms with Gasteiger partial charge >= 0.3 is 6.09 Å². The molecule has 0 aliphatic heterocycles. The van der Waals surface area contributed by atoms with Gasteiger partial charge in [-0.2, -0.15) is 0 Å².